The summed E-state index contributed by atoms with van der Waals surface area (Å²) >= 11 is 0. The van der Waals surface area contributed by atoms with Gasteiger partial charge in [0.2, 0.25) is 0 Å². The van der Waals surface area contributed by atoms with E-state index < -0.39 is 11.4 Å². The Morgan fingerprint density at radius 2 is 2.31 bits per heavy atom. The van der Waals surface area contributed by atoms with E-state index in [1.54, 1.807) is 6.07 Å². The van der Waals surface area contributed by atoms with E-state index in [1.807, 2.05) is 0 Å². The molecule has 5 nitrogen and oxygen atoms in total. The van der Waals surface area contributed by atoms with Crippen molar-refractivity contribution in [2.24, 2.45) is 0 Å². The quantitative estimate of drug-likeness (QED) is 0.829. The lowest BCUT2D eigenvalue weighted by molar-refractivity contribution is -0.154. The summed E-state index contributed by atoms with van der Waals surface area (Å²) in [6, 6.07) is 1.67. The van der Waals surface area contributed by atoms with Crippen molar-refractivity contribution in [3.05, 3.63) is 23.7 Å². The van der Waals surface area contributed by atoms with Gasteiger partial charge in [-0.3, -0.25) is 9.59 Å². The predicted octanol–water partition coefficient (Wildman–Crippen LogP) is 1.11. The fourth-order valence-electron chi connectivity index (χ4n) is 2.06. The van der Waals surface area contributed by atoms with Gasteiger partial charge in [-0.15, -0.1) is 0 Å². The number of carboxylic acid groups (broad SMARTS) is 1. The lowest BCUT2D eigenvalue weighted by Crippen LogP contribution is -2.48. The number of hydrogen-bond donors (Lipinski definition) is 1. The molecule has 86 valence electrons. The van der Waals surface area contributed by atoms with Crippen LogP contribution in [-0.2, 0) is 26.3 Å². The third-order valence-electron chi connectivity index (χ3n) is 2.89. The van der Waals surface area contributed by atoms with Gasteiger partial charge < -0.3 is 14.3 Å². The number of methoxy groups -OCH3 is 1. The summed E-state index contributed by atoms with van der Waals surface area (Å²) in [5, 5.41) is 9.21. The van der Waals surface area contributed by atoms with Gasteiger partial charge >= 0.3 is 5.97 Å². The minimum absolute atomic E-state index is 0.00651. The second kappa shape index (κ2) is 3.75. The maximum Gasteiger partial charge on any atom is 0.318 e. The average molecular weight is 224 g/mol. The maximum atomic E-state index is 11.3. The topological polar surface area (TPSA) is 76.7 Å². The Balaban J connectivity index is 2.37. The Hall–Kier alpha value is -1.62. The second-order valence-electron chi connectivity index (χ2n) is 3.99. The molecule has 2 rings (SSSR count). The standard InChI is InChI=1S/C11H12O5/c1-15-6-7-2-3-16-9(7)11(10(13)14)4-8(12)5-11/h2-3H,4-6H2,1H3,(H,13,14). The van der Waals surface area contributed by atoms with Crippen LogP contribution in [0.25, 0.3) is 0 Å². The van der Waals surface area contributed by atoms with Gasteiger partial charge in [0.15, 0.2) is 0 Å². The van der Waals surface area contributed by atoms with Gasteiger partial charge in [0, 0.05) is 25.5 Å². The molecule has 1 aromatic rings. The van der Waals surface area contributed by atoms with Gasteiger partial charge in [0.05, 0.1) is 12.9 Å². The molecule has 0 atom stereocenters. The van der Waals surface area contributed by atoms with Crippen LogP contribution in [0.5, 0.6) is 0 Å². The van der Waals surface area contributed by atoms with Crippen molar-refractivity contribution in [1.29, 1.82) is 0 Å². The summed E-state index contributed by atoms with van der Waals surface area (Å²) < 4.78 is 10.2. The van der Waals surface area contributed by atoms with Crippen LogP contribution in [0.3, 0.4) is 0 Å². The third kappa shape index (κ3) is 1.44. The van der Waals surface area contributed by atoms with E-state index in [0.29, 0.717) is 11.3 Å². The molecule has 0 spiro atoms. The number of carboxylic acids is 1. The zero-order valence-corrected chi connectivity index (χ0v) is 8.86. The van der Waals surface area contributed by atoms with Gasteiger partial charge in [-0.05, 0) is 6.07 Å². The van der Waals surface area contributed by atoms with Crippen LogP contribution in [0.15, 0.2) is 16.7 Å². The summed E-state index contributed by atoms with van der Waals surface area (Å²) in [6.45, 7) is 0.287. The summed E-state index contributed by atoms with van der Waals surface area (Å²) in [5.41, 5.74) is -0.480. The smallest absolute Gasteiger partial charge is 0.318 e. The molecule has 5 heteroatoms. The van der Waals surface area contributed by atoms with Crippen LogP contribution in [0.1, 0.15) is 24.2 Å². The molecule has 1 fully saturated rings. The first-order valence-corrected chi connectivity index (χ1v) is 4.91. The highest BCUT2D eigenvalue weighted by atomic mass is 16.5. The molecule has 16 heavy (non-hydrogen) atoms. The first-order valence-electron chi connectivity index (χ1n) is 4.91. The van der Waals surface area contributed by atoms with E-state index in [2.05, 4.69) is 0 Å². The lowest BCUT2D eigenvalue weighted by Gasteiger charge is -2.34. The first kappa shape index (κ1) is 10.9. The molecule has 1 aromatic heterocycles. The van der Waals surface area contributed by atoms with Gasteiger partial charge in [-0.2, -0.15) is 0 Å². The number of carbonyl (C=O) groups excluding carboxylic acids is 1. The van der Waals surface area contributed by atoms with Crippen molar-refractivity contribution in [1.82, 2.24) is 0 Å². The number of hydrogen-bond acceptors (Lipinski definition) is 4. The SMILES string of the molecule is COCc1ccoc1C1(C(=O)O)CC(=O)C1. The molecule has 0 bridgehead atoms. The highest BCUT2D eigenvalue weighted by Gasteiger charge is 2.54. The van der Waals surface area contributed by atoms with Gasteiger partial charge in [-0.1, -0.05) is 0 Å². The predicted molar refractivity (Wildman–Crippen MR) is 53.0 cm³/mol. The number of furan rings is 1. The molecule has 1 N–H and O–H groups in total. The van der Waals surface area contributed by atoms with Crippen molar-refractivity contribution < 1.29 is 23.8 Å². The number of ether oxygens (including phenoxy) is 1. The van der Waals surface area contributed by atoms with Crippen LogP contribution in [0, 0.1) is 0 Å². The Morgan fingerprint density at radius 3 is 2.81 bits per heavy atom. The molecule has 1 aliphatic rings. The molecule has 0 unspecified atom stereocenters. The minimum atomic E-state index is -1.17. The minimum Gasteiger partial charge on any atom is -0.480 e. The molecule has 0 amide bonds. The molecule has 0 radical (unpaired) electrons. The fourth-order valence-corrected chi connectivity index (χ4v) is 2.06. The molecule has 0 aromatic carbocycles. The summed E-state index contributed by atoms with van der Waals surface area (Å²) in [5.74, 6) is -0.719. The zero-order valence-electron chi connectivity index (χ0n) is 8.86. The fraction of sp³-hybridized carbons (Fsp3) is 0.455. The van der Waals surface area contributed by atoms with Crippen molar-refractivity contribution in [3.8, 4) is 0 Å². The van der Waals surface area contributed by atoms with E-state index in [0.717, 1.165) is 0 Å². The van der Waals surface area contributed by atoms with Gasteiger partial charge in [0.1, 0.15) is 17.0 Å². The Morgan fingerprint density at radius 1 is 1.62 bits per heavy atom. The van der Waals surface area contributed by atoms with Crippen LogP contribution in [0.2, 0.25) is 0 Å². The Labute approximate surface area is 92.0 Å². The summed E-state index contributed by atoms with van der Waals surface area (Å²) in [7, 11) is 1.52. The molecular weight excluding hydrogens is 212 g/mol. The molecule has 1 aliphatic carbocycles. The molecule has 1 saturated carbocycles. The number of carbonyl (C=O) groups is 2. The zero-order chi connectivity index (χ0) is 11.8. The maximum absolute atomic E-state index is 11.3. The van der Waals surface area contributed by atoms with Crippen molar-refractivity contribution in [3.63, 3.8) is 0 Å². The summed E-state index contributed by atoms with van der Waals surface area (Å²) in [6.07, 6.45) is 1.44. The lowest BCUT2D eigenvalue weighted by atomic mass is 9.65. The molecule has 0 saturated heterocycles. The third-order valence-corrected chi connectivity index (χ3v) is 2.89. The molecular formula is C11H12O5. The number of ketones is 1. The van der Waals surface area contributed by atoms with Gasteiger partial charge in [0.25, 0.3) is 0 Å². The monoisotopic (exact) mass is 224 g/mol. The van der Waals surface area contributed by atoms with E-state index in [1.165, 1.54) is 13.4 Å². The number of Topliss-reactive ketones (excluding diaryl/α,β-unsaturated/α-hetero) is 1. The van der Waals surface area contributed by atoms with Crippen molar-refractivity contribution in [2.45, 2.75) is 24.9 Å². The van der Waals surface area contributed by atoms with E-state index in [9.17, 15) is 14.7 Å². The van der Waals surface area contributed by atoms with Crippen LogP contribution < -0.4 is 0 Å². The Bertz CT molecular complexity index is 423. The van der Waals surface area contributed by atoms with E-state index >= 15 is 0 Å². The normalized spacial score (nSPS) is 18.2. The van der Waals surface area contributed by atoms with E-state index in [-0.39, 0.29) is 25.2 Å². The van der Waals surface area contributed by atoms with Crippen LogP contribution in [0.4, 0.5) is 0 Å². The van der Waals surface area contributed by atoms with Crippen molar-refractivity contribution >= 4 is 11.8 Å². The molecule has 1 heterocycles. The number of rotatable bonds is 4. The first-order chi connectivity index (χ1) is 7.60. The average Bonchev–Trinajstić information content (AvgIpc) is 2.61. The second-order valence-corrected chi connectivity index (χ2v) is 3.99. The highest BCUT2D eigenvalue weighted by Crippen LogP contribution is 2.43. The van der Waals surface area contributed by atoms with E-state index in [4.69, 9.17) is 9.15 Å². The highest BCUT2D eigenvalue weighted by molar-refractivity contribution is 6.01. The van der Waals surface area contributed by atoms with Crippen LogP contribution in [-0.4, -0.2) is 24.0 Å². The summed E-state index contributed by atoms with van der Waals surface area (Å²) in [4.78, 5) is 22.3. The van der Waals surface area contributed by atoms with Crippen LogP contribution >= 0.6 is 0 Å². The van der Waals surface area contributed by atoms with Crippen molar-refractivity contribution in [2.75, 3.05) is 7.11 Å². The Kier molecular flexibility index (Phi) is 2.55. The largest absolute Gasteiger partial charge is 0.480 e. The number of aliphatic carboxylic acids is 1. The van der Waals surface area contributed by atoms with Gasteiger partial charge in [-0.25, -0.2) is 0 Å². The molecule has 0 aliphatic heterocycles.